The van der Waals surface area contributed by atoms with Crippen LogP contribution in [-0.2, 0) is 9.53 Å². The van der Waals surface area contributed by atoms with E-state index in [0.717, 1.165) is 11.1 Å². The number of ether oxygens (including phenoxy) is 1. The van der Waals surface area contributed by atoms with Gasteiger partial charge in [-0.1, -0.05) is 19.1 Å². The topological polar surface area (TPSA) is 72.5 Å². The maximum Gasteiger partial charge on any atom is 0.338 e. The summed E-state index contributed by atoms with van der Waals surface area (Å²) in [6.45, 7) is 5.19. The molecule has 1 amide bonds. The lowest BCUT2D eigenvalue weighted by Crippen LogP contribution is -2.15. The van der Waals surface area contributed by atoms with E-state index < -0.39 is 5.97 Å². The molecule has 0 unspecified atom stereocenters. The van der Waals surface area contributed by atoms with Gasteiger partial charge in [0.05, 0.1) is 5.56 Å². The first-order chi connectivity index (χ1) is 11.9. The van der Waals surface area contributed by atoms with Crippen LogP contribution < -0.4 is 5.32 Å². The van der Waals surface area contributed by atoms with Gasteiger partial charge in [0.2, 0.25) is 5.91 Å². The number of rotatable bonds is 6. The molecule has 0 atom stereocenters. The Bertz CT molecular complexity index is 794. The highest BCUT2D eigenvalue weighted by Gasteiger charge is 2.14. The summed E-state index contributed by atoms with van der Waals surface area (Å²) in [5, 5.41) is 2.71. The van der Waals surface area contributed by atoms with Crippen molar-refractivity contribution in [2.24, 2.45) is 0 Å². The Morgan fingerprint density at radius 3 is 2.32 bits per heavy atom. The Kier molecular flexibility index (Phi) is 6.06. The van der Waals surface area contributed by atoms with E-state index >= 15 is 0 Å². The molecule has 0 fully saturated rings. The number of anilines is 1. The molecule has 0 heterocycles. The third kappa shape index (κ3) is 4.76. The highest BCUT2D eigenvalue weighted by molar-refractivity contribution is 6.00. The molecule has 2 aromatic carbocycles. The van der Waals surface area contributed by atoms with Crippen LogP contribution in [0.25, 0.3) is 0 Å². The van der Waals surface area contributed by atoms with Gasteiger partial charge in [-0.15, -0.1) is 0 Å². The first kappa shape index (κ1) is 18.4. The number of carbonyl (C=O) groups excluding carboxylic acids is 3. The zero-order valence-corrected chi connectivity index (χ0v) is 14.6. The van der Waals surface area contributed by atoms with Gasteiger partial charge in [0.25, 0.3) is 0 Å². The van der Waals surface area contributed by atoms with Gasteiger partial charge in [-0.2, -0.15) is 0 Å². The Hall–Kier alpha value is -2.95. The van der Waals surface area contributed by atoms with Gasteiger partial charge in [0.1, 0.15) is 0 Å². The molecule has 25 heavy (non-hydrogen) atoms. The number of benzene rings is 2. The van der Waals surface area contributed by atoms with Gasteiger partial charge in [0.15, 0.2) is 12.4 Å². The van der Waals surface area contributed by atoms with E-state index in [2.05, 4.69) is 5.32 Å². The fraction of sp³-hybridized carbons (Fsp3) is 0.250. The van der Waals surface area contributed by atoms with Crippen LogP contribution in [-0.4, -0.2) is 24.3 Å². The smallest absolute Gasteiger partial charge is 0.338 e. The van der Waals surface area contributed by atoms with Crippen LogP contribution in [0.15, 0.2) is 42.5 Å². The summed E-state index contributed by atoms with van der Waals surface area (Å²) in [5.41, 5.74) is 3.34. The van der Waals surface area contributed by atoms with Crippen LogP contribution in [0.2, 0.25) is 0 Å². The number of esters is 1. The molecule has 5 nitrogen and oxygen atoms in total. The number of aryl methyl sites for hydroxylation is 1. The number of nitrogens with one attached hydrogen (secondary N) is 1. The second-order valence-corrected chi connectivity index (χ2v) is 5.73. The normalized spacial score (nSPS) is 10.2. The number of hydrogen-bond donors (Lipinski definition) is 1. The molecule has 0 aliphatic rings. The van der Waals surface area contributed by atoms with Crippen LogP contribution in [0.4, 0.5) is 5.69 Å². The van der Waals surface area contributed by atoms with E-state index in [9.17, 15) is 14.4 Å². The number of carbonyl (C=O) groups is 3. The van der Waals surface area contributed by atoms with Crippen molar-refractivity contribution >= 4 is 23.3 Å². The van der Waals surface area contributed by atoms with E-state index in [4.69, 9.17) is 4.74 Å². The maximum absolute atomic E-state index is 12.2. The zero-order chi connectivity index (χ0) is 18.4. The standard InChI is InChI=1S/C20H21NO4/c1-4-19(23)21-16-10-8-15(9-11-16)18(22)12-25-20(24)17-7-5-6-13(2)14(17)3/h5-11H,4,12H2,1-3H3,(H,21,23). The van der Waals surface area contributed by atoms with Crippen molar-refractivity contribution in [1.82, 2.24) is 0 Å². The lowest BCUT2D eigenvalue weighted by molar-refractivity contribution is -0.115. The second kappa shape index (κ2) is 8.24. The van der Waals surface area contributed by atoms with Crippen LogP contribution in [0.5, 0.6) is 0 Å². The Morgan fingerprint density at radius 1 is 1.00 bits per heavy atom. The predicted molar refractivity (Wildman–Crippen MR) is 95.9 cm³/mol. The highest BCUT2D eigenvalue weighted by atomic mass is 16.5. The third-order valence-corrected chi connectivity index (χ3v) is 3.97. The van der Waals surface area contributed by atoms with E-state index in [1.165, 1.54) is 0 Å². The summed E-state index contributed by atoms with van der Waals surface area (Å²) in [5.74, 6) is -0.907. The average Bonchev–Trinajstić information content (AvgIpc) is 2.62. The van der Waals surface area contributed by atoms with Crippen molar-refractivity contribution in [1.29, 1.82) is 0 Å². The highest BCUT2D eigenvalue weighted by Crippen LogP contribution is 2.15. The van der Waals surface area contributed by atoms with Gasteiger partial charge < -0.3 is 10.1 Å². The predicted octanol–water partition coefficient (Wildman–Crippen LogP) is 3.69. The monoisotopic (exact) mass is 339 g/mol. The van der Waals surface area contributed by atoms with Crippen LogP contribution >= 0.6 is 0 Å². The van der Waals surface area contributed by atoms with Crippen molar-refractivity contribution in [3.8, 4) is 0 Å². The molecule has 0 saturated heterocycles. The van der Waals surface area contributed by atoms with Gasteiger partial charge >= 0.3 is 5.97 Å². The average molecular weight is 339 g/mol. The van der Waals surface area contributed by atoms with E-state index in [1.54, 1.807) is 43.3 Å². The Balaban J connectivity index is 1.97. The van der Waals surface area contributed by atoms with Crippen molar-refractivity contribution in [2.75, 3.05) is 11.9 Å². The summed E-state index contributed by atoms with van der Waals surface area (Å²) in [7, 11) is 0. The second-order valence-electron chi connectivity index (χ2n) is 5.73. The number of amides is 1. The molecule has 0 aliphatic heterocycles. The molecule has 130 valence electrons. The molecule has 2 aromatic rings. The molecule has 0 spiro atoms. The maximum atomic E-state index is 12.2. The molecule has 0 saturated carbocycles. The summed E-state index contributed by atoms with van der Waals surface area (Å²) < 4.78 is 5.13. The van der Waals surface area contributed by atoms with Crippen molar-refractivity contribution < 1.29 is 19.1 Å². The third-order valence-electron chi connectivity index (χ3n) is 3.97. The Morgan fingerprint density at radius 2 is 1.68 bits per heavy atom. The van der Waals surface area contributed by atoms with E-state index in [-0.39, 0.29) is 18.3 Å². The van der Waals surface area contributed by atoms with Gasteiger partial charge in [0, 0.05) is 17.7 Å². The minimum absolute atomic E-state index is 0.0958. The van der Waals surface area contributed by atoms with Crippen LogP contribution in [0, 0.1) is 13.8 Å². The molecule has 0 bridgehead atoms. The van der Waals surface area contributed by atoms with Crippen molar-refractivity contribution in [3.63, 3.8) is 0 Å². The zero-order valence-electron chi connectivity index (χ0n) is 14.6. The number of Topliss-reactive ketones (excluding diaryl/α,β-unsaturated/α-hetero) is 1. The number of ketones is 1. The molecule has 2 rings (SSSR count). The molecular formula is C20H21NO4. The lowest BCUT2D eigenvalue weighted by atomic mass is 10.0. The molecule has 5 heteroatoms. The SMILES string of the molecule is CCC(=O)Nc1ccc(C(=O)COC(=O)c2cccc(C)c2C)cc1. The van der Waals surface area contributed by atoms with Gasteiger partial charge in [-0.3, -0.25) is 9.59 Å². The molecule has 1 N–H and O–H groups in total. The molecule has 0 aliphatic carbocycles. The summed E-state index contributed by atoms with van der Waals surface area (Å²) >= 11 is 0. The quantitative estimate of drug-likeness (QED) is 0.643. The minimum atomic E-state index is -0.513. The summed E-state index contributed by atoms with van der Waals surface area (Å²) in [6.07, 6.45) is 0.384. The molecule has 0 radical (unpaired) electrons. The summed E-state index contributed by atoms with van der Waals surface area (Å²) in [6, 6.07) is 11.9. The first-order valence-electron chi connectivity index (χ1n) is 8.08. The van der Waals surface area contributed by atoms with E-state index in [0.29, 0.717) is 23.2 Å². The van der Waals surface area contributed by atoms with Gasteiger partial charge in [-0.25, -0.2) is 4.79 Å². The van der Waals surface area contributed by atoms with Crippen LogP contribution in [0.1, 0.15) is 45.2 Å². The Labute approximate surface area is 147 Å². The first-order valence-corrected chi connectivity index (χ1v) is 8.08. The minimum Gasteiger partial charge on any atom is -0.454 e. The van der Waals surface area contributed by atoms with Crippen molar-refractivity contribution in [3.05, 3.63) is 64.7 Å². The fourth-order valence-electron chi connectivity index (χ4n) is 2.25. The van der Waals surface area contributed by atoms with Crippen LogP contribution in [0.3, 0.4) is 0 Å². The molecule has 0 aromatic heterocycles. The van der Waals surface area contributed by atoms with E-state index in [1.807, 2.05) is 19.9 Å². The largest absolute Gasteiger partial charge is 0.454 e. The fourth-order valence-corrected chi connectivity index (χ4v) is 2.25. The van der Waals surface area contributed by atoms with Crippen molar-refractivity contribution in [2.45, 2.75) is 27.2 Å². The number of hydrogen-bond acceptors (Lipinski definition) is 4. The van der Waals surface area contributed by atoms with Gasteiger partial charge in [-0.05, 0) is 55.3 Å². The molecular weight excluding hydrogens is 318 g/mol. The summed E-state index contributed by atoms with van der Waals surface area (Å²) in [4.78, 5) is 35.6. The lowest BCUT2D eigenvalue weighted by Gasteiger charge is -2.09.